The fourth-order valence-corrected chi connectivity index (χ4v) is 2.22. The number of hydrogen-bond donors (Lipinski definition) is 1. The molecule has 1 unspecified atom stereocenters. The van der Waals surface area contributed by atoms with Gasteiger partial charge < -0.3 is 5.32 Å². The van der Waals surface area contributed by atoms with Gasteiger partial charge >= 0.3 is 6.18 Å². The molecule has 1 N–H and O–H groups in total. The van der Waals surface area contributed by atoms with E-state index in [1.165, 1.54) is 0 Å². The van der Waals surface area contributed by atoms with Crippen molar-refractivity contribution in [3.63, 3.8) is 0 Å². The first-order chi connectivity index (χ1) is 5.47. The van der Waals surface area contributed by atoms with Gasteiger partial charge in [0.15, 0.2) is 0 Å². The van der Waals surface area contributed by atoms with E-state index in [1.54, 1.807) is 0 Å². The van der Waals surface area contributed by atoms with E-state index in [2.05, 4.69) is 5.32 Å². The third-order valence-corrected chi connectivity index (χ3v) is 3.10. The van der Waals surface area contributed by atoms with Crippen molar-refractivity contribution in [2.75, 3.05) is 24.6 Å². The largest absolute Gasteiger partial charge is 0.400 e. The maximum Gasteiger partial charge on any atom is 0.400 e. The molecule has 0 aromatic rings. The predicted octanol–water partition coefficient (Wildman–Crippen LogP) is 0.517. The van der Waals surface area contributed by atoms with Gasteiger partial charge in [-0.2, -0.15) is 13.2 Å². The van der Waals surface area contributed by atoms with Crippen LogP contribution in [-0.4, -0.2) is 35.0 Å². The van der Waals surface area contributed by atoms with Gasteiger partial charge in [-0.1, -0.05) is 0 Å². The average Bonchev–Trinajstić information content (AvgIpc) is 1.74. The number of alkyl halides is 3. The molecule has 1 rings (SSSR count). The minimum atomic E-state index is -4.29. The molecule has 0 bridgehead atoms. The van der Waals surface area contributed by atoms with Gasteiger partial charge in [-0.25, -0.2) is 0 Å². The summed E-state index contributed by atoms with van der Waals surface area (Å²) in [4.78, 5) is 0. The topological polar surface area (TPSA) is 29.1 Å². The van der Waals surface area contributed by atoms with Gasteiger partial charge in [-0.05, 0) is 5.92 Å². The predicted molar refractivity (Wildman–Crippen MR) is 40.3 cm³/mol. The van der Waals surface area contributed by atoms with Crippen LogP contribution in [0.3, 0.4) is 0 Å². The molecule has 1 atom stereocenters. The SMILES string of the molecule is O=S(CC1CNC1)CC(F)(F)F. The van der Waals surface area contributed by atoms with E-state index in [9.17, 15) is 17.4 Å². The smallest absolute Gasteiger partial charge is 0.316 e. The summed E-state index contributed by atoms with van der Waals surface area (Å²) in [5.41, 5.74) is 0. The minimum absolute atomic E-state index is 0.173. The molecule has 0 aromatic heterocycles. The molecule has 2 nitrogen and oxygen atoms in total. The summed E-state index contributed by atoms with van der Waals surface area (Å²) >= 11 is 0. The molecule has 0 aromatic carbocycles. The summed E-state index contributed by atoms with van der Waals surface area (Å²) in [5, 5.41) is 2.91. The Labute approximate surface area is 71.0 Å². The summed E-state index contributed by atoms with van der Waals surface area (Å²) < 4.78 is 45.8. The van der Waals surface area contributed by atoms with Crippen molar-refractivity contribution >= 4 is 10.8 Å². The highest BCUT2D eigenvalue weighted by molar-refractivity contribution is 7.85. The van der Waals surface area contributed by atoms with Crippen LogP contribution in [-0.2, 0) is 10.8 Å². The maximum absolute atomic E-state index is 11.7. The highest BCUT2D eigenvalue weighted by atomic mass is 32.2. The highest BCUT2D eigenvalue weighted by Gasteiger charge is 2.32. The minimum Gasteiger partial charge on any atom is -0.316 e. The van der Waals surface area contributed by atoms with Crippen molar-refractivity contribution in [1.29, 1.82) is 0 Å². The van der Waals surface area contributed by atoms with Gasteiger partial charge in [0.1, 0.15) is 5.75 Å². The zero-order chi connectivity index (χ0) is 9.19. The Morgan fingerprint density at radius 3 is 2.33 bits per heavy atom. The van der Waals surface area contributed by atoms with E-state index in [4.69, 9.17) is 0 Å². The van der Waals surface area contributed by atoms with E-state index >= 15 is 0 Å². The molecule has 0 saturated carbocycles. The Bertz CT molecular complexity index is 178. The van der Waals surface area contributed by atoms with Gasteiger partial charge in [0.25, 0.3) is 0 Å². The number of hydrogen-bond acceptors (Lipinski definition) is 2. The monoisotopic (exact) mass is 201 g/mol. The Morgan fingerprint density at radius 2 is 2.00 bits per heavy atom. The Balaban J connectivity index is 2.19. The van der Waals surface area contributed by atoms with E-state index < -0.39 is 22.7 Å². The zero-order valence-corrected chi connectivity index (χ0v) is 7.17. The molecule has 0 spiro atoms. The molecule has 1 aliphatic rings. The van der Waals surface area contributed by atoms with Crippen molar-refractivity contribution in [2.45, 2.75) is 6.18 Å². The normalized spacial score (nSPS) is 21.9. The van der Waals surface area contributed by atoms with Crippen LogP contribution in [0.1, 0.15) is 0 Å². The second kappa shape index (κ2) is 3.74. The lowest BCUT2D eigenvalue weighted by atomic mass is 10.1. The molecule has 6 heteroatoms. The third kappa shape index (κ3) is 3.53. The molecule has 0 aliphatic carbocycles. The molecule has 1 saturated heterocycles. The summed E-state index contributed by atoms with van der Waals surface area (Å²) in [6, 6.07) is 0. The lowest BCUT2D eigenvalue weighted by Crippen LogP contribution is -2.45. The Kier molecular flexibility index (Phi) is 3.11. The van der Waals surface area contributed by atoms with Gasteiger partial charge in [-0.15, -0.1) is 0 Å². The highest BCUT2D eigenvalue weighted by Crippen LogP contribution is 2.17. The second-order valence-corrected chi connectivity index (χ2v) is 4.39. The van der Waals surface area contributed by atoms with Gasteiger partial charge in [0.05, 0.1) is 0 Å². The first-order valence-electron chi connectivity index (χ1n) is 3.60. The van der Waals surface area contributed by atoms with Crippen LogP contribution < -0.4 is 5.32 Å². The van der Waals surface area contributed by atoms with E-state index in [-0.39, 0.29) is 11.7 Å². The number of halogens is 3. The molecule has 1 heterocycles. The van der Waals surface area contributed by atoms with Crippen LogP contribution in [0.5, 0.6) is 0 Å². The fourth-order valence-electron chi connectivity index (χ4n) is 0.971. The van der Waals surface area contributed by atoms with Crippen LogP contribution in [0.15, 0.2) is 0 Å². The second-order valence-electron chi connectivity index (χ2n) is 2.89. The third-order valence-electron chi connectivity index (χ3n) is 1.61. The van der Waals surface area contributed by atoms with Crippen LogP contribution >= 0.6 is 0 Å². The van der Waals surface area contributed by atoms with E-state index in [0.29, 0.717) is 13.1 Å². The summed E-state index contributed by atoms with van der Waals surface area (Å²) in [6.07, 6.45) is -4.29. The molecule has 72 valence electrons. The summed E-state index contributed by atoms with van der Waals surface area (Å²) in [5.74, 6) is -0.816. The van der Waals surface area contributed by atoms with Crippen molar-refractivity contribution in [2.24, 2.45) is 5.92 Å². The molecular formula is C6H10F3NOS. The quantitative estimate of drug-likeness (QED) is 0.721. The molecule has 0 amide bonds. The molecule has 1 aliphatic heterocycles. The van der Waals surface area contributed by atoms with Crippen molar-refractivity contribution in [3.8, 4) is 0 Å². The lowest BCUT2D eigenvalue weighted by molar-refractivity contribution is -0.105. The Morgan fingerprint density at radius 1 is 1.42 bits per heavy atom. The van der Waals surface area contributed by atoms with Gasteiger partial charge in [-0.3, -0.25) is 4.21 Å². The van der Waals surface area contributed by atoms with Crippen LogP contribution in [0.25, 0.3) is 0 Å². The maximum atomic E-state index is 11.7. The van der Waals surface area contributed by atoms with Gasteiger partial charge in [0, 0.05) is 29.6 Å². The number of nitrogens with one attached hydrogen (secondary N) is 1. The molecule has 0 radical (unpaired) electrons. The van der Waals surface area contributed by atoms with Crippen molar-refractivity contribution in [1.82, 2.24) is 5.32 Å². The lowest BCUT2D eigenvalue weighted by Gasteiger charge is -2.26. The summed E-state index contributed by atoms with van der Waals surface area (Å²) in [7, 11) is -1.73. The number of rotatable bonds is 3. The molecule has 12 heavy (non-hydrogen) atoms. The van der Waals surface area contributed by atoms with Crippen molar-refractivity contribution in [3.05, 3.63) is 0 Å². The van der Waals surface area contributed by atoms with E-state index in [0.717, 1.165) is 0 Å². The molecule has 1 fully saturated rings. The Hall–Kier alpha value is -0.100. The zero-order valence-electron chi connectivity index (χ0n) is 6.36. The van der Waals surface area contributed by atoms with Crippen LogP contribution in [0, 0.1) is 5.92 Å². The van der Waals surface area contributed by atoms with Crippen LogP contribution in [0.2, 0.25) is 0 Å². The first kappa shape index (κ1) is 9.98. The van der Waals surface area contributed by atoms with Crippen LogP contribution in [0.4, 0.5) is 13.2 Å². The van der Waals surface area contributed by atoms with E-state index in [1.807, 2.05) is 0 Å². The van der Waals surface area contributed by atoms with Gasteiger partial charge in [0.2, 0.25) is 0 Å². The molecular weight excluding hydrogens is 191 g/mol. The first-order valence-corrected chi connectivity index (χ1v) is 5.08. The summed E-state index contributed by atoms with van der Waals surface area (Å²) in [6.45, 7) is 1.40. The average molecular weight is 201 g/mol. The fraction of sp³-hybridized carbons (Fsp3) is 1.00. The van der Waals surface area contributed by atoms with Crippen molar-refractivity contribution < 1.29 is 17.4 Å². The standard InChI is InChI=1S/C6H10F3NOS/c7-6(8,9)4-12(11)3-5-1-10-2-5/h5,10H,1-4H2.